The highest BCUT2D eigenvalue weighted by Crippen LogP contribution is 2.23. The topological polar surface area (TPSA) is 76.8 Å². The number of fused-ring (bicyclic) bond motifs is 1. The monoisotopic (exact) mass is 399 g/mol. The van der Waals surface area contributed by atoms with Crippen LogP contribution in [0.1, 0.15) is 22.7 Å². The van der Waals surface area contributed by atoms with E-state index in [4.69, 9.17) is 9.15 Å². The minimum atomic E-state index is -3.05. The van der Waals surface area contributed by atoms with E-state index < -0.39 is 9.84 Å². The summed E-state index contributed by atoms with van der Waals surface area (Å²) in [6.45, 7) is 0.202. The van der Waals surface area contributed by atoms with Gasteiger partial charge in [0.1, 0.15) is 18.1 Å². The predicted octanol–water partition coefficient (Wildman–Crippen LogP) is 3.27. The zero-order chi connectivity index (χ0) is 19.7. The fourth-order valence-electron chi connectivity index (χ4n) is 3.40. The molecule has 3 aromatic rings. The molecule has 0 N–H and O–H groups in total. The molecule has 1 atom stereocenters. The molecule has 0 radical (unpaired) electrons. The van der Waals surface area contributed by atoms with Crippen LogP contribution in [0.15, 0.2) is 59.0 Å². The number of amides is 1. The summed E-state index contributed by atoms with van der Waals surface area (Å²) in [6, 6.07) is 16.9. The van der Waals surface area contributed by atoms with Crippen molar-refractivity contribution in [2.75, 3.05) is 18.6 Å². The van der Waals surface area contributed by atoms with Crippen LogP contribution in [0.25, 0.3) is 10.8 Å². The SMILES string of the molecule is CN(C(=O)c1ccc(COc2ccc3ccccc3c2)o1)[C@@H]1CCS(=O)(=O)C1. The van der Waals surface area contributed by atoms with E-state index in [-0.39, 0.29) is 35.8 Å². The Morgan fingerprint density at radius 3 is 2.68 bits per heavy atom. The second kappa shape index (κ2) is 7.31. The van der Waals surface area contributed by atoms with E-state index in [2.05, 4.69) is 0 Å². The second-order valence-corrected chi connectivity index (χ2v) is 9.27. The van der Waals surface area contributed by atoms with Crippen LogP contribution < -0.4 is 4.74 Å². The van der Waals surface area contributed by atoms with E-state index in [0.717, 1.165) is 16.5 Å². The summed E-state index contributed by atoms with van der Waals surface area (Å²) in [6.07, 6.45) is 0.462. The van der Waals surface area contributed by atoms with Gasteiger partial charge in [0.25, 0.3) is 5.91 Å². The molecule has 1 aliphatic rings. The summed E-state index contributed by atoms with van der Waals surface area (Å²) in [7, 11) is -1.44. The Morgan fingerprint density at radius 2 is 1.93 bits per heavy atom. The molecule has 2 aromatic carbocycles. The summed E-state index contributed by atoms with van der Waals surface area (Å²) in [4.78, 5) is 14.0. The van der Waals surface area contributed by atoms with Gasteiger partial charge in [-0.15, -0.1) is 0 Å². The van der Waals surface area contributed by atoms with Crippen molar-refractivity contribution >= 4 is 26.5 Å². The summed E-state index contributed by atoms with van der Waals surface area (Å²) >= 11 is 0. The molecule has 6 nitrogen and oxygen atoms in total. The first-order valence-electron chi connectivity index (χ1n) is 9.09. The maximum atomic E-state index is 12.6. The van der Waals surface area contributed by atoms with Gasteiger partial charge in [0.15, 0.2) is 15.6 Å². The molecule has 7 heteroatoms. The highest BCUT2D eigenvalue weighted by Gasteiger charge is 2.33. The van der Waals surface area contributed by atoms with Crippen molar-refractivity contribution in [1.82, 2.24) is 4.90 Å². The molecule has 0 bridgehead atoms. The highest BCUT2D eigenvalue weighted by atomic mass is 32.2. The molecule has 1 aliphatic heterocycles. The minimum Gasteiger partial charge on any atom is -0.486 e. The van der Waals surface area contributed by atoms with Crippen LogP contribution in [0.4, 0.5) is 0 Å². The van der Waals surface area contributed by atoms with Crippen molar-refractivity contribution in [2.24, 2.45) is 0 Å². The lowest BCUT2D eigenvalue weighted by molar-refractivity contribution is 0.0711. The lowest BCUT2D eigenvalue weighted by atomic mass is 10.1. The summed E-state index contributed by atoms with van der Waals surface area (Å²) in [5.74, 6) is 1.25. The largest absolute Gasteiger partial charge is 0.486 e. The van der Waals surface area contributed by atoms with E-state index in [1.165, 1.54) is 4.90 Å². The van der Waals surface area contributed by atoms with Crippen LogP contribution in [0.2, 0.25) is 0 Å². The van der Waals surface area contributed by atoms with Gasteiger partial charge < -0.3 is 14.1 Å². The number of furan rings is 1. The first-order valence-corrected chi connectivity index (χ1v) is 10.9. The maximum Gasteiger partial charge on any atom is 0.289 e. The number of benzene rings is 2. The molecular weight excluding hydrogens is 378 g/mol. The van der Waals surface area contributed by atoms with Crippen molar-refractivity contribution in [3.8, 4) is 5.75 Å². The fraction of sp³-hybridized carbons (Fsp3) is 0.286. The third kappa shape index (κ3) is 3.89. The smallest absolute Gasteiger partial charge is 0.289 e. The standard InChI is InChI=1S/C21H21NO5S/c1-22(17-10-11-28(24,25)14-17)21(23)20-9-8-19(27-20)13-26-18-7-6-15-4-2-3-5-16(15)12-18/h2-9,12,17H,10-11,13-14H2,1H3/t17-/m1/s1. The lowest BCUT2D eigenvalue weighted by Crippen LogP contribution is -2.37. The number of carbonyl (C=O) groups is 1. The van der Waals surface area contributed by atoms with Gasteiger partial charge in [0, 0.05) is 13.1 Å². The number of rotatable bonds is 5. The van der Waals surface area contributed by atoms with Gasteiger partial charge in [-0.25, -0.2) is 8.42 Å². The van der Waals surface area contributed by atoms with E-state index in [9.17, 15) is 13.2 Å². The average molecular weight is 399 g/mol. The molecule has 1 amide bonds. The first-order chi connectivity index (χ1) is 13.4. The quantitative estimate of drug-likeness (QED) is 0.658. The summed E-state index contributed by atoms with van der Waals surface area (Å²) in [5.41, 5.74) is 0. The Hall–Kier alpha value is -2.80. The number of hydrogen-bond acceptors (Lipinski definition) is 5. The third-order valence-corrected chi connectivity index (χ3v) is 6.80. The van der Waals surface area contributed by atoms with Crippen molar-refractivity contribution in [3.63, 3.8) is 0 Å². The Balaban J connectivity index is 1.40. The van der Waals surface area contributed by atoms with Crippen LogP contribution in [0.3, 0.4) is 0 Å². The molecule has 1 saturated heterocycles. The minimum absolute atomic E-state index is 0.00782. The number of sulfone groups is 1. The molecule has 28 heavy (non-hydrogen) atoms. The number of nitrogens with zero attached hydrogens (tertiary/aromatic N) is 1. The van der Waals surface area contributed by atoms with E-state index in [1.54, 1.807) is 19.2 Å². The number of hydrogen-bond donors (Lipinski definition) is 0. The molecule has 1 aromatic heterocycles. The van der Waals surface area contributed by atoms with Crippen LogP contribution in [-0.2, 0) is 16.4 Å². The zero-order valence-corrected chi connectivity index (χ0v) is 16.3. The molecular formula is C21H21NO5S. The molecule has 4 rings (SSSR count). The van der Waals surface area contributed by atoms with Crippen molar-refractivity contribution in [2.45, 2.75) is 19.1 Å². The Kier molecular flexibility index (Phi) is 4.85. The summed E-state index contributed by atoms with van der Waals surface area (Å²) < 4.78 is 34.7. The van der Waals surface area contributed by atoms with Gasteiger partial charge in [-0.05, 0) is 41.5 Å². The lowest BCUT2D eigenvalue weighted by Gasteiger charge is -2.22. The molecule has 2 heterocycles. The Labute approximate surface area is 163 Å². The van der Waals surface area contributed by atoms with Gasteiger partial charge in [0.05, 0.1) is 11.5 Å². The van der Waals surface area contributed by atoms with E-state index in [1.807, 2.05) is 42.5 Å². The first kappa shape index (κ1) is 18.6. The van der Waals surface area contributed by atoms with Gasteiger partial charge in [-0.1, -0.05) is 30.3 Å². The van der Waals surface area contributed by atoms with Crippen LogP contribution in [0, 0.1) is 0 Å². The van der Waals surface area contributed by atoms with Crippen LogP contribution in [-0.4, -0.2) is 43.8 Å². The molecule has 146 valence electrons. The highest BCUT2D eigenvalue weighted by molar-refractivity contribution is 7.91. The third-order valence-electron chi connectivity index (χ3n) is 5.05. The van der Waals surface area contributed by atoms with E-state index >= 15 is 0 Å². The molecule has 0 aliphatic carbocycles. The normalized spacial score (nSPS) is 18.2. The van der Waals surface area contributed by atoms with Crippen LogP contribution >= 0.6 is 0 Å². The number of carbonyl (C=O) groups excluding carboxylic acids is 1. The Bertz CT molecular complexity index is 1120. The maximum absolute atomic E-state index is 12.6. The van der Waals surface area contributed by atoms with Crippen molar-refractivity contribution in [3.05, 3.63) is 66.1 Å². The van der Waals surface area contributed by atoms with Crippen molar-refractivity contribution < 1.29 is 22.4 Å². The molecule has 1 fully saturated rings. The zero-order valence-electron chi connectivity index (χ0n) is 15.5. The van der Waals surface area contributed by atoms with Crippen LogP contribution in [0.5, 0.6) is 5.75 Å². The van der Waals surface area contributed by atoms with Crippen molar-refractivity contribution in [1.29, 1.82) is 0 Å². The second-order valence-electron chi connectivity index (χ2n) is 7.04. The predicted molar refractivity (Wildman–Crippen MR) is 106 cm³/mol. The Morgan fingerprint density at radius 1 is 1.14 bits per heavy atom. The number of ether oxygens (including phenoxy) is 1. The van der Waals surface area contributed by atoms with Gasteiger partial charge in [-0.2, -0.15) is 0 Å². The van der Waals surface area contributed by atoms with Gasteiger partial charge in [0.2, 0.25) is 0 Å². The summed E-state index contributed by atoms with van der Waals surface area (Å²) in [5, 5.41) is 2.22. The fourth-order valence-corrected chi connectivity index (χ4v) is 5.18. The van der Waals surface area contributed by atoms with Gasteiger partial charge in [-0.3, -0.25) is 4.79 Å². The molecule has 0 spiro atoms. The molecule has 0 unspecified atom stereocenters. The van der Waals surface area contributed by atoms with Gasteiger partial charge >= 0.3 is 0 Å². The molecule has 0 saturated carbocycles. The average Bonchev–Trinajstić information content (AvgIpc) is 3.31. The van der Waals surface area contributed by atoms with E-state index in [0.29, 0.717) is 12.2 Å².